The van der Waals surface area contributed by atoms with Gasteiger partial charge in [0.2, 0.25) is 5.82 Å². The lowest BCUT2D eigenvalue weighted by atomic mass is 9.94. The van der Waals surface area contributed by atoms with Gasteiger partial charge in [0.25, 0.3) is 5.56 Å². The molecule has 1 rings (SSSR count). The van der Waals surface area contributed by atoms with Gasteiger partial charge >= 0.3 is 5.69 Å². The van der Waals surface area contributed by atoms with Crippen LogP contribution >= 0.6 is 0 Å². The molecule has 1 heterocycles. The highest BCUT2D eigenvalue weighted by molar-refractivity contribution is 5.33. The minimum Gasteiger partial charge on any atom is -0.359 e. The third-order valence-corrected chi connectivity index (χ3v) is 3.22. The van der Waals surface area contributed by atoms with Gasteiger partial charge in [0.05, 0.1) is 0 Å². The average molecular weight is 255 g/mol. The minimum absolute atomic E-state index is 0.178. The van der Waals surface area contributed by atoms with Crippen molar-refractivity contribution in [2.45, 2.75) is 32.2 Å². The van der Waals surface area contributed by atoms with Crippen molar-refractivity contribution in [2.75, 3.05) is 11.9 Å². The molecule has 0 aliphatic carbocycles. The Kier molecular flexibility index (Phi) is 4.28. The summed E-state index contributed by atoms with van der Waals surface area (Å²) < 4.78 is 2.18. The van der Waals surface area contributed by atoms with Gasteiger partial charge in [0, 0.05) is 19.6 Å². The van der Waals surface area contributed by atoms with Gasteiger partial charge in [-0.05, 0) is 26.3 Å². The van der Waals surface area contributed by atoms with Gasteiger partial charge in [-0.2, -0.15) is 0 Å². The van der Waals surface area contributed by atoms with E-state index in [0.717, 1.165) is 22.1 Å². The van der Waals surface area contributed by atoms with Crippen LogP contribution in [0.1, 0.15) is 26.7 Å². The van der Waals surface area contributed by atoms with E-state index in [-0.39, 0.29) is 11.4 Å². The summed E-state index contributed by atoms with van der Waals surface area (Å²) in [5.74, 6) is 0.178. The molecule has 0 fully saturated rings. The molecule has 0 amide bonds. The van der Waals surface area contributed by atoms with Crippen LogP contribution in [-0.2, 0) is 14.1 Å². The molecule has 0 bridgehead atoms. The van der Waals surface area contributed by atoms with Crippen LogP contribution in [0, 0.1) is 0 Å². The number of aryl methyl sites for hydroxylation is 1. The minimum atomic E-state index is -0.442. The zero-order valence-corrected chi connectivity index (χ0v) is 11.4. The number of hydrogen-bond donors (Lipinski definition) is 2. The molecular formula is C11H21N5O2. The molecule has 1 aromatic heterocycles. The third-order valence-electron chi connectivity index (χ3n) is 3.22. The maximum absolute atomic E-state index is 11.9. The fourth-order valence-corrected chi connectivity index (χ4v) is 1.71. The Morgan fingerprint density at radius 2 is 2.00 bits per heavy atom. The van der Waals surface area contributed by atoms with E-state index in [2.05, 4.69) is 10.4 Å². The van der Waals surface area contributed by atoms with E-state index in [0.29, 0.717) is 6.54 Å². The fourth-order valence-electron chi connectivity index (χ4n) is 1.71. The molecule has 0 aliphatic heterocycles. The fraction of sp³-hybridized carbons (Fsp3) is 0.727. The summed E-state index contributed by atoms with van der Waals surface area (Å²) in [7, 11) is 2.95. The highest BCUT2D eigenvalue weighted by Crippen LogP contribution is 2.17. The van der Waals surface area contributed by atoms with E-state index in [1.165, 1.54) is 14.1 Å². The summed E-state index contributed by atoms with van der Waals surface area (Å²) in [6, 6.07) is 0. The molecule has 3 N–H and O–H groups in total. The summed E-state index contributed by atoms with van der Waals surface area (Å²) in [5, 5.41) is 7.07. The molecule has 1 unspecified atom stereocenters. The Labute approximate surface area is 106 Å². The molecule has 0 aromatic carbocycles. The molecule has 1 atom stereocenters. The van der Waals surface area contributed by atoms with Crippen LogP contribution in [0.25, 0.3) is 0 Å². The largest absolute Gasteiger partial charge is 0.359 e. The van der Waals surface area contributed by atoms with Crippen LogP contribution in [-0.4, -0.2) is 26.4 Å². The standard InChI is InChI=1S/C11H21N5O2/c1-5-11(2,6-7-12)13-8-9(17)15(3)10(18)16(4)14-8/h5-7,12H2,1-4H3,(H,13,14). The van der Waals surface area contributed by atoms with E-state index in [1.807, 2.05) is 13.8 Å². The van der Waals surface area contributed by atoms with E-state index < -0.39 is 11.2 Å². The lowest BCUT2D eigenvalue weighted by Gasteiger charge is -2.29. The maximum Gasteiger partial charge on any atom is 0.346 e. The number of aromatic nitrogens is 3. The highest BCUT2D eigenvalue weighted by atomic mass is 16.2. The van der Waals surface area contributed by atoms with Crippen molar-refractivity contribution < 1.29 is 0 Å². The average Bonchev–Trinajstić information content (AvgIpc) is 2.33. The Balaban J connectivity index is 3.20. The zero-order valence-electron chi connectivity index (χ0n) is 11.4. The topological polar surface area (TPSA) is 94.9 Å². The number of nitrogens with zero attached hydrogens (tertiary/aromatic N) is 3. The molecule has 0 saturated heterocycles. The van der Waals surface area contributed by atoms with Gasteiger partial charge in [-0.3, -0.25) is 9.36 Å². The molecule has 102 valence electrons. The van der Waals surface area contributed by atoms with Gasteiger partial charge in [-0.25, -0.2) is 9.48 Å². The summed E-state index contributed by atoms with van der Waals surface area (Å²) in [5.41, 5.74) is 4.40. The highest BCUT2D eigenvalue weighted by Gasteiger charge is 2.23. The lowest BCUT2D eigenvalue weighted by molar-refractivity contribution is 0.456. The first-order chi connectivity index (χ1) is 8.34. The Bertz CT molecular complexity index is 533. The molecule has 0 saturated carbocycles. The molecule has 0 spiro atoms. The summed E-state index contributed by atoms with van der Waals surface area (Å²) in [6.45, 7) is 4.50. The van der Waals surface area contributed by atoms with Crippen molar-refractivity contribution in [3.63, 3.8) is 0 Å². The van der Waals surface area contributed by atoms with E-state index in [1.54, 1.807) is 0 Å². The van der Waals surface area contributed by atoms with Gasteiger partial charge in [-0.1, -0.05) is 6.92 Å². The number of nitrogens with two attached hydrogens (primary N) is 1. The molecule has 7 heteroatoms. The molecule has 0 aliphatic rings. The van der Waals surface area contributed by atoms with Crippen molar-refractivity contribution in [3.05, 3.63) is 20.8 Å². The first-order valence-corrected chi connectivity index (χ1v) is 5.97. The van der Waals surface area contributed by atoms with Gasteiger partial charge in [-0.15, -0.1) is 5.10 Å². The van der Waals surface area contributed by atoms with Crippen LogP contribution in [0.3, 0.4) is 0 Å². The SMILES string of the molecule is CCC(C)(CCN)Nc1nn(C)c(=O)n(C)c1=O. The Hall–Kier alpha value is -1.63. The molecule has 18 heavy (non-hydrogen) atoms. The third kappa shape index (κ3) is 2.79. The van der Waals surface area contributed by atoms with Crippen LogP contribution < -0.4 is 22.3 Å². The van der Waals surface area contributed by atoms with Gasteiger partial charge in [0.15, 0.2) is 0 Å². The monoisotopic (exact) mass is 255 g/mol. The second-order valence-corrected chi connectivity index (χ2v) is 4.70. The van der Waals surface area contributed by atoms with Crippen molar-refractivity contribution >= 4 is 5.82 Å². The normalized spacial score (nSPS) is 14.3. The van der Waals surface area contributed by atoms with Gasteiger partial charge in [0.1, 0.15) is 0 Å². The Morgan fingerprint density at radius 3 is 2.50 bits per heavy atom. The van der Waals surface area contributed by atoms with Crippen molar-refractivity contribution in [1.82, 2.24) is 14.3 Å². The summed E-state index contributed by atoms with van der Waals surface area (Å²) in [6.07, 6.45) is 1.52. The molecule has 0 radical (unpaired) electrons. The van der Waals surface area contributed by atoms with E-state index >= 15 is 0 Å². The molecule has 7 nitrogen and oxygen atoms in total. The van der Waals surface area contributed by atoms with Crippen LogP contribution in [0.15, 0.2) is 9.59 Å². The van der Waals surface area contributed by atoms with Crippen LogP contribution in [0.4, 0.5) is 5.82 Å². The van der Waals surface area contributed by atoms with Crippen molar-refractivity contribution in [3.8, 4) is 0 Å². The van der Waals surface area contributed by atoms with E-state index in [9.17, 15) is 9.59 Å². The lowest BCUT2D eigenvalue weighted by Crippen LogP contribution is -2.44. The predicted molar refractivity (Wildman–Crippen MR) is 70.7 cm³/mol. The number of anilines is 1. The first kappa shape index (κ1) is 14.4. The zero-order chi connectivity index (χ0) is 13.9. The number of rotatable bonds is 5. The smallest absolute Gasteiger partial charge is 0.346 e. The van der Waals surface area contributed by atoms with Crippen LogP contribution in [0.5, 0.6) is 0 Å². The number of nitrogens with one attached hydrogen (secondary N) is 1. The first-order valence-electron chi connectivity index (χ1n) is 5.97. The number of hydrogen-bond acceptors (Lipinski definition) is 5. The predicted octanol–water partition coefficient (Wildman–Crippen LogP) is -0.592. The van der Waals surface area contributed by atoms with Crippen LogP contribution in [0.2, 0.25) is 0 Å². The van der Waals surface area contributed by atoms with Crippen molar-refractivity contribution in [1.29, 1.82) is 0 Å². The second-order valence-electron chi connectivity index (χ2n) is 4.70. The van der Waals surface area contributed by atoms with E-state index in [4.69, 9.17) is 5.73 Å². The molecule has 1 aromatic rings. The Morgan fingerprint density at radius 1 is 1.39 bits per heavy atom. The van der Waals surface area contributed by atoms with Crippen molar-refractivity contribution in [2.24, 2.45) is 19.8 Å². The summed E-state index contributed by atoms with van der Waals surface area (Å²) >= 11 is 0. The molecular weight excluding hydrogens is 234 g/mol. The van der Waals surface area contributed by atoms with Gasteiger partial charge < -0.3 is 11.1 Å². The maximum atomic E-state index is 11.9. The quantitative estimate of drug-likeness (QED) is 0.733. The second kappa shape index (κ2) is 5.34. The summed E-state index contributed by atoms with van der Waals surface area (Å²) in [4.78, 5) is 23.5.